The van der Waals surface area contributed by atoms with E-state index in [-0.39, 0.29) is 16.3 Å². The first kappa shape index (κ1) is 37.8. The molecule has 7 rings (SSSR count). The number of nitrogens with zero attached hydrogens (tertiary/aromatic N) is 8. The lowest BCUT2D eigenvalue weighted by molar-refractivity contribution is -0.126. The van der Waals surface area contributed by atoms with E-state index in [4.69, 9.17) is 4.98 Å². The number of aryl methyl sites for hydroxylation is 1. The van der Waals surface area contributed by atoms with Crippen LogP contribution in [0.15, 0.2) is 24.3 Å². The quantitative estimate of drug-likeness (QED) is 0.231. The topological polar surface area (TPSA) is 126 Å². The Bertz CT molecular complexity index is 2140. The second-order valence-corrected chi connectivity index (χ2v) is 17.8. The minimum atomic E-state index is -4.29. The van der Waals surface area contributed by atoms with Crippen LogP contribution in [0, 0.1) is 23.7 Å². The van der Waals surface area contributed by atoms with Gasteiger partial charge in [-0.3, -0.25) is 9.80 Å². The number of rotatable bonds is 10. The van der Waals surface area contributed by atoms with E-state index in [0.717, 1.165) is 79.8 Å². The molecule has 1 aromatic carbocycles. The van der Waals surface area contributed by atoms with Gasteiger partial charge in [-0.1, -0.05) is 6.07 Å². The third kappa shape index (κ3) is 7.72. The van der Waals surface area contributed by atoms with Crippen LogP contribution in [0.5, 0.6) is 0 Å². The van der Waals surface area contributed by atoms with Gasteiger partial charge >= 0.3 is 6.18 Å². The standard InChI is InChI=1S/C36H47F3N10O2S2/c1-24(46-12-14-48(15-13-46)53(50,51)42-4)20-49-27(19-40)16-29-25(2)26(6-7-31(29)49)21-45-11-9-35(22-45)8-5-10-47(23-35)32-30-17-28(18-36(37,38)39)52-33(30)44-34(41-3)43-32/h6-7,16-17,24,42H,5,8-15,18,20-23H2,1-4H3,(H,41,43,44)/t24-,35?/m0/s1. The number of hydrogen-bond acceptors (Lipinski definition) is 10. The molecule has 1 unspecified atom stereocenters. The zero-order valence-corrected chi connectivity index (χ0v) is 32.3. The Morgan fingerprint density at radius 2 is 1.81 bits per heavy atom. The first-order valence-electron chi connectivity index (χ1n) is 18.2. The van der Waals surface area contributed by atoms with Gasteiger partial charge in [0, 0.05) is 100 Å². The number of aromatic nitrogens is 3. The molecule has 2 atom stereocenters. The van der Waals surface area contributed by atoms with Crippen molar-refractivity contribution in [3.8, 4) is 6.07 Å². The van der Waals surface area contributed by atoms with Gasteiger partial charge in [0.1, 0.15) is 22.4 Å². The summed E-state index contributed by atoms with van der Waals surface area (Å²) in [5.41, 5.74) is 4.08. The van der Waals surface area contributed by atoms with E-state index < -0.39 is 22.8 Å². The van der Waals surface area contributed by atoms with Crippen LogP contribution in [0.3, 0.4) is 0 Å². The number of likely N-dealkylation sites (tertiary alicyclic amines) is 1. The Hall–Kier alpha value is -3.53. The minimum Gasteiger partial charge on any atom is -0.357 e. The maximum Gasteiger partial charge on any atom is 0.393 e. The molecule has 6 heterocycles. The molecule has 12 nitrogen and oxygen atoms in total. The van der Waals surface area contributed by atoms with Gasteiger partial charge in [0.15, 0.2) is 0 Å². The average Bonchev–Trinajstić information content (AvgIpc) is 3.83. The first-order valence-corrected chi connectivity index (χ1v) is 20.4. The van der Waals surface area contributed by atoms with Crippen LogP contribution in [-0.4, -0.2) is 116 Å². The average molecular weight is 773 g/mol. The molecule has 0 saturated carbocycles. The van der Waals surface area contributed by atoms with E-state index in [1.54, 1.807) is 13.1 Å². The molecule has 0 bridgehead atoms. The van der Waals surface area contributed by atoms with E-state index in [1.807, 2.05) is 6.07 Å². The fraction of sp³-hybridized carbons (Fsp3) is 0.583. The summed E-state index contributed by atoms with van der Waals surface area (Å²) in [5, 5.41) is 14.9. The molecule has 2 N–H and O–H groups in total. The lowest BCUT2D eigenvalue weighted by Gasteiger charge is -2.41. The number of alkyl halides is 3. The highest BCUT2D eigenvalue weighted by atomic mass is 32.2. The van der Waals surface area contributed by atoms with Crippen molar-refractivity contribution in [2.75, 3.05) is 76.7 Å². The second-order valence-electron chi connectivity index (χ2n) is 14.9. The zero-order chi connectivity index (χ0) is 37.7. The van der Waals surface area contributed by atoms with Gasteiger partial charge in [-0.05, 0) is 69.0 Å². The lowest BCUT2D eigenvalue weighted by Crippen LogP contribution is -2.54. The second kappa shape index (κ2) is 14.6. The van der Waals surface area contributed by atoms with Gasteiger partial charge in [0.05, 0.1) is 11.8 Å². The van der Waals surface area contributed by atoms with Gasteiger partial charge in [-0.25, -0.2) is 9.71 Å². The Kier molecular flexibility index (Phi) is 10.4. The number of anilines is 2. The van der Waals surface area contributed by atoms with Crippen molar-refractivity contribution < 1.29 is 21.6 Å². The van der Waals surface area contributed by atoms with Crippen LogP contribution in [0.2, 0.25) is 0 Å². The number of nitrogens with one attached hydrogen (secondary N) is 2. The summed E-state index contributed by atoms with van der Waals surface area (Å²) in [6.07, 6.45) is -2.17. The normalized spacial score (nSPS) is 21.6. The van der Waals surface area contributed by atoms with Gasteiger partial charge in [0.2, 0.25) is 5.95 Å². The fourth-order valence-electron chi connectivity index (χ4n) is 8.59. The van der Waals surface area contributed by atoms with Gasteiger partial charge in [-0.2, -0.15) is 36.1 Å². The summed E-state index contributed by atoms with van der Waals surface area (Å²) >= 11 is 1.08. The van der Waals surface area contributed by atoms with Crippen molar-refractivity contribution in [3.05, 3.63) is 46.0 Å². The minimum absolute atomic E-state index is 0.0499. The SMILES string of the molecule is CNc1nc(N2CCCC3(CCN(Cc4ccc5c(cc(C#N)n5C[C@H](C)N5CCN(S(=O)(=O)NC)CC5)c4C)C3)C2)c2cc(CC(F)(F)F)sc2n1. The molecule has 3 fully saturated rings. The molecule has 0 aliphatic carbocycles. The predicted octanol–water partition coefficient (Wildman–Crippen LogP) is 4.94. The zero-order valence-electron chi connectivity index (χ0n) is 30.6. The molecule has 17 heteroatoms. The molecule has 1 spiro atoms. The Balaban J connectivity index is 1.05. The maximum absolute atomic E-state index is 13.3. The molecule has 3 saturated heterocycles. The number of piperidine rings is 1. The summed E-state index contributed by atoms with van der Waals surface area (Å²) < 4.78 is 70.3. The van der Waals surface area contributed by atoms with E-state index in [1.165, 1.54) is 16.9 Å². The summed E-state index contributed by atoms with van der Waals surface area (Å²) in [6.45, 7) is 11.2. The Labute approximate surface area is 312 Å². The third-order valence-corrected chi connectivity index (χ3v) is 14.0. The van der Waals surface area contributed by atoms with Gasteiger partial charge < -0.3 is 14.8 Å². The van der Waals surface area contributed by atoms with Crippen LogP contribution in [0.4, 0.5) is 24.9 Å². The highest BCUT2D eigenvalue weighted by Gasteiger charge is 2.42. The van der Waals surface area contributed by atoms with Crippen molar-refractivity contribution in [2.45, 2.75) is 64.8 Å². The summed E-state index contributed by atoms with van der Waals surface area (Å²) in [5.74, 6) is 1.12. The molecule has 0 radical (unpaired) electrons. The molecule has 3 aliphatic rings. The number of piperazine rings is 1. The predicted molar refractivity (Wildman–Crippen MR) is 202 cm³/mol. The van der Waals surface area contributed by atoms with E-state index in [2.05, 4.69) is 66.3 Å². The monoisotopic (exact) mass is 772 g/mol. The largest absolute Gasteiger partial charge is 0.393 e. The van der Waals surface area contributed by atoms with Crippen LogP contribution < -0.4 is 14.9 Å². The van der Waals surface area contributed by atoms with E-state index in [0.29, 0.717) is 60.4 Å². The summed E-state index contributed by atoms with van der Waals surface area (Å²) in [4.78, 5) is 17.1. The number of hydrogen-bond donors (Lipinski definition) is 2. The first-order chi connectivity index (χ1) is 25.2. The van der Waals surface area contributed by atoms with Crippen molar-refractivity contribution in [1.29, 1.82) is 5.26 Å². The molecule has 53 heavy (non-hydrogen) atoms. The van der Waals surface area contributed by atoms with E-state index in [9.17, 15) is 26.9 Å². The Morgan fingerprint density at radius 3 is 2.51 bits per heavy atom. The molecule has 286 valence electrons. The van der Waals surface area contributed by atoms with Crippen LogP contribution >= 0.6 is 11.3 Å². The van der Waals surface area contributed by atoms with Crippen LogP contribution in [0.25, 0.3) is 21.1 Å². The summed E-state index contributed by atoms with van der Waals surface area (Å²) in [6, 6.07) is 10.4. The van der Waals surface area contributed by atoms with Crippen molar-refractivity contribution >= 4 is 54.4 Å². The number of fused-ring (bicyclic) bond motifs is 2. The summed E-state index contributed by atoms with van der Waals surface area (Å²) in [7, 11) is -0.290. The molecule has 0 amide bonds. The Morgan fingerprint density at radius 1 is 1.04 bits per heavy atom. The van der Waals surface area contributed by atoms with Crippen molar-refractivity contribution in [3.63, 3.8) is 0 Å². The number of benzene rings is 1. The molecule has 4 aromatic rings. The molecular weight excluding hydrogens is 726 g/mol. The van der Waals surface area contributed by atoms with Crippen molar-refractivity contribution in [2.24, 2.45) is 5.41 Å². The van der Waals surface area contributed by atoms with Crippen molar-refractivity contribution in [1.82, 2.24) is 33.4 Å². The number of halogens is 3. The number of nitriles is 1. The third-order valence-electron chi connectivity index (χ3n) is 11.4. The maximum atomic E-state index is 13.3. The van der Waals surface area contributed by atoms with Crippen LogP contribution in [-0.2, 0) is 29.7 Å². The highest BCUT2D eigenvalue weighted by molar-refractivity contribution is 7.87. The molecular formula is C36H47F3N10O2S2. The molecule has 3 aromatic heterocycles. The van der Waals surface area contributed by atoms with Crippen LogP contribution in [0.1, 0.15) is 47.9 Å². The highest BCUT2D eigenvalue weighted by Crippen LogP contribution is 2.43. The van der Waals surface area contributed by atoms with Gasteiger partial charge in [-0.15, -0.1) is 11.3 Å². The fourth-order valence-corrected chi connectivity index (χ4v) is 10.6. The smallest absolute Gasteiger partial charge is 0.357 e. The lowest BCUT2D eigenvalue weighted by atomic mass is 9.79. The van der Waals surface area contributed by atoms with Gasteiger partial charge in [0.25, 0.3) is 10.2 Å². The molecule has 3 aliphatic heterocycles. The van der Waals surface area contributed by atoms with E-state index >= 15 is 0 Å². The number of thiophene rings is 1.